The van der Waals surface area contributed by atoms with E-state index in [2.05, 4.69) is 15.2 Å². The summed E-state index contributed by atoms with van der Waals surface area (Å²) in [5.74, 6) is -1.01. The lowest BCUT2D eigenvalue weighted by Gasteiger charge is -2.11. The molecular formula is C8H6F3NO3. The average molecular weight is 221 g/mol. The molecule has 0 bridgehead atoms. The van der Waals surface area contributed by atoms with Crippen LogP contribution < -0.4 is 15.2 Å². The maximum atomic E-state index is 11.9. The summed E-state index contributed by atoms with van der Waals surface area (Å²) in [6.45, 7) is 0. The van der Waals surface area contributed by atoms with Gasteiger partial charge in [0.25, 0.3) is 0 Å². The number of nitrogens with two attached hydrogens (primary N) is 1. The fourth-order valence-electron chi connectivity index (χ4n) is 0.852. The van der Waals surface area contributed by atoms with Gasteiger partial charge < -0.3 is 15.2 Å². The van der Waals surface area contributed by atoms with E-state index >= 15 is 0 Å². The summed E-state index contributed by atoms with van der Waals surface area (Å²) >= 11 is 0. The Labute approximate surface area is 82.4 Å². The third-order valence-corrected chi connectivity index (χ3v) is 1.29. The van der Waals surface area contributed by atoms with Crippen molar-refractivity contribution in [3.63, 3.8) is 0 Å². The molecule has 15 heavy (non-hydrogen) atoms. The number of amides is 1. The number of primary amides is 1. The zero-order valence-electron chi connectivity index (χ0n) is 7.25. The van der Waals surface area contributed by atoms with Crippen molar-refractivity contribution in [2.45, 2.75) is 6.36 Å². The predicted octanol–water partition coefficient (Wildman–Crippen LogP) is 2.04. The Morgan fingerprint density at radius 2 is 1.73 bits per heavy atom. The molecule has 0 atom stereocenters. The molecule has 0 saturated carbocycles. The second-order valence-corrected chi connectivity index (χ2v) is 2.42. The van der Waals surface area contributed by atoms with E-state index in [1.807, 2.05) is 0 Å². The van der Waals surface area contributed by atoms with Crippen LogP contribution in [-0.2, 0) is 0 Å². The smallest absolute Gasteiger partial charge is 0.407 e. The Bertz CT molecular complexity index is 364. The SMILES string of the molecule is NC(=O)Oc1ccccc1OC(F)(F)F. The van der Waals surface area contributed by atoms with Crippen LogP contribution in [0.2, 0.25) is 0 Å². The zero-order chi connectivity index (χ0) is 11.5. The largest absolute Gasteiger partial charge is 0.573 e. The zero-order valence-corrected chi connectivity index (χ0v) is 7.25. The van der Waals surface area contributed by atoms with Gasteiger partial charge in [0.15, 0.2) is 11.5 Å². The van der Waals surface area contributed by atoms with E-state index in [-0.39, 0.29) is 5.75 Å². The van der Waals surface area contributed by atoms with Crippen molar-refractivity contribution in [1.29, 1.82) is 0 Å². The maximum absolute atomic E-state index is 11.9. The fourth-order valence-corrected chi connectivity index (χ4v) is 0.852. The lowest BCUT2D eigenvalue weighted by atomic mass is 10.3. The molecule has 0 aliphatic rings. The number of hydrogen-bond donors (Lipinski definition) is 1. The van der Waals surface area contributed by atoms with Gasteiger partial charge in [-0.2, -0.15) is 0 Å². The molecule has 0 unspecified atom stereocenters. The molecule has 0 radical (unpaired) electrons. The standard InChI is InChI=1S/C8H6F3NO3/c9-8(10,11)15-6-4-2-1-3-5(6)14-7(12)13/h1-4H,(H2,12,13). The number of para-hydroxylation sites is 2. The molecule has 0 aliphatic carbocycles. The number of carbonyl (C=O) groups is 1. The maximum Gasteiger partial charge on any atom is 0.573 e. The van der Waals surface area contributed by atoms with E-state index in [0.717, 1.165) is 12.1 Å². The Morgan fingerprint density at radius 1 is 1.20 bits per heavy atom. The summed E-state index contributed by atoms with van der Waals surface area (Å²) < 4.78 is 43.5. The number of hydrogen-bond acceptors (Lipinski definition) is 3. The van der Waals surface area contributed by atoms with Crippen LogP contribution in [0.3, 0.4) is 0 Å². The van der Waals surface area contributed by atoms with Gasteiger partial charge in [0.1, 0.15) is 0 Å². The lowest BCUT2D eigenvalue weighted by Crippen LogP contribution is -2.20. The highest BCUT2D eigenvalue weighted by Gasteiger charge is 2.32. The molecule has 0 fully saturated rings. The van der Waals surface area contributed by atoms with Gasteiger partial charge in [-0.25, -0.2) is 4.79 Å². The van der Waals surface area contributed by atoms with Gasteiger partial charge in [-0.15, -0.1) is 13.2 Å². The predicted molar refractivity (Wildman–Crippen MR) is 43.3 cm³/mol. The van der Waals surface area contributed by atoms with Gasteiger partial charge in [0.2, 0.25) is 0 Å². The van der Waals surface area contributed by atoms with E-state index in [0.29, 0.717) is 0 Å². The van der Waals surface area contributed by atoms with E-state index in [1.165, 1.54) is 12.1 Å². The van der Waals surface area contributed by atoms with Gasteiger partial charge in [-0.1, -0.05) is 12.1 Å². The minimum absolute atomic E-state index is 0.387. The van der Waals surface area contributed by atoms with E-state index in [1.54, 1.807) is 0 Å². The molecule has 7 heteroatoms. The minimum atomic E-state index is -4.85. The van der Waals surface area contributed by atoms with Crippen LogP contribution in [-0.4, -0.2) is 12.5 Å². The molecule has 1 aromatic carbocycles. The Balaban J connectivity index is 2.91. The van der Waals surface area contributed by atoms with Crippen LogP contribution in [0.15, 0.2) is 24.3 Å². The number of benzene rings is 1. The molecule has 0 spiro atoms. The van der Waals surface area contributed by atoms with Gasteiger partial charge in [0, 0.05) is 0 Å². The van der Waals surface area contributed by atoms with Crippen molar-refractivity contribution in [1.82, 2.24) is 0 Å². The van der Waals surface area contributed by atoms with Crippen molar-refractivity contribution >= 4 is 6.09 Å². The molecule has 4 nitrogen and oxygen atoms in total. The summed E-state index contributed by atoms with van der Waals surface area (Å²) in [6.07, 6.45) is -6.06. The van der Waals surface area contributed by atoms with Crippen molar-refractivity contribution < 1.29 is 27.4 Å². The van der Waals surface area contributed by atoms with E-state index in [9.17, 15) is 18.0 Å². The number of carbonyl (C=O) groups excluding carboxylic acids is 1. The van der Waals surface area contributed by atoms with E-state index < -0.39 is 18.2 Å². The summed E-state index contributed by atoms with van der Waals surface area (Å²) in [5.41, 5.74) is 4.66. The highest BCUT2D eigenvalue weighted by Crippen LogP contribution is 2.31. The number of rotatable bonds is 2. The highest BCUT2D eigenvalue weighted by atomic mass is 19.4. The Morgan fingerprint density at radius 3 is 2.20 bits per heavy atom. The van der Waals surface area contributed by atoms with Crippen molar-refractivity contribution in [3.05, 3.63) is 24.3 Å². The third-order valence-electron chi connectivity index (χ3n) is 1.29. The lowest BCUT2D eigenvalue weighted by molar-refractivity contribution is -0.275. The molecule has 1 aromatic rings. The Kier molecular flexibility index (Phi) is 3.03. The molecule has 2 N–H and O–H groups in total. The third kappa shape index (κ3) is 3.75. The first kappa shape index (κ1) is 11.2. The second kappa shape index (κ2) is 4.07. The summed E-state index contributed by atoms with van der Waals surface area (Å²) in [4.78, 5) is 10.3. The molecular weight excluding hydrogens is 215 g/mol. The minimum Gasteiger partial charge on any atom is -0.407 e. The molecule has 82 valence electrons. The van der Waals surface area contributed by atoms with Gasteiger partial charge >= 0.3 is 12.5 Å². The summed E-state index contributed by atoms with van der Waals surface area (Å²) in [5, 5.41) is 0. The van der Waals surface area contributed by atoms with Crippen molar-refractivity contribution in [2.75, 3.05) is 0 Å². The normalized spacial score (nSPS) is 10.9. The van der Waals surface area contributed by atoms with Gasteiger partial charge in [-0.05, 0) is 12.1 Å². The van der Waals surface area contributed by atoms with Crippen LogP contribution in [0.1, 0.15) is 0 Å². The quantitative estimate of drug-likeness (QED) is 0.831. The molecule has 1 rings (SSSR count). The molecule has 0 aromatic heterocycles. The first-order valence-electron chi connectivity index (χ1n) is 3.70. The average Bonchev–Trinajstić information content (AvgIpc) is 2.05. The van der Waals surface area contributed by atoms with Crippen LogP contribution in [0.5, 0.6) is 11.5 Å². The number of ether oxygens (including phenoxy) is 2. The molecule has 0 aliphatic heterocycles. The topological polar surface area (TPSA) is 61.6 Å². The summed E-state index contributed by atoms with van der Waals surface area (Å²) in [7, 11) is 0. The first-order valence-corrected chi connectivity index (χ1v) is 3.70. The van der Waals surface area contributed by atoms with E-state index in [4.69, 9.17) is 0 Å². The number of halogens is 3. The first-order chi connectivity index (χ1) is 6.88. The van der Waals surface area contributed by atoms with Crippen molar-refractivity contribution in [3.8, 4) is 11.5 Å². The monoisotopic (exact) mass is 221 g/mol. The fraction of sp³-hybridized carbons (Fsp3) is 0.125. The molecule has 0 heterocycles. The Hall–Kier alpha value is -1.92. The van der Waals surface area contributed by atoms with Crippen molar-refractivity contribution in [2.24, 2.45) is 5.73 Å². The van der Waals surface area contributed by atoms with Crippen LogP contribution in [0.25, 0.3) is 0 Å². The van der Waals surface area contributed by atoms with Crippen LogP contribution >= 0.6 is 0 Å². The van der Waals surface area contributed by atoms with Crippen LogP contribution in [0.4, 0.5) is 18.0 Å². The second-order valence-electron chi connectivity index (χ2n) is 2.42. The van der Waals surface area contributed by atoms with Gasteiger partial charge in [0.05, 0.1) is 0 Å². The molecule has 0 saturated heterocycles. The number of alkyl halides is 3. The highest BCUT2D eigenvalue weighted by molar-refractivity contribution is 5.69. The summed E-state index contributed by atoms with van der Waals surface area (Å²) in [6, 6.07) is 4.81. The molecule has 1 amide bonds. The van der Waals surface area contributed by atoms with Gasteiger partial charge in [-0.3, -0.25) is 0 Å². The van der Waals surface area contributed by atoms with Crippen LogP contribution in [0, 0.1) is 0 Å².